The van der Waals surface area contributed by atoms with Crippen LogP contribution in [-0.2, 0) is 9.47 Å². The SMILES string of the molecule is COCC[C@@H]1CNC(=O)c2c1[nH]c(-c1ccncc1OC[C@@]1(C)CCO1)c2Nc1cccc(F)c1OC. The van der Waals surface area contributed by atoms with Crippen molar-refractivity contribution in [3.8, 4) is 22.8 Å². The van der Waals surface area contributed by atoms with Gasteiger partial charge in [0, 0.05) is 50.1 Å². The number of fused-ring (bicyclic) bond motifs is 1. The van der Waals surface area contributed by atoms with Gasteiger partial charge in [0.25, 0.3) is 5.91 Å². The van der Waals surface area contributed by atoms with Gasteiger partial charge in [-0.05, 0) is 31.5 Å². The van der Waals surface area contributed by atoms with Gasteiger partial charge in [-0.1, -0.05) is 6.07 Å². The Morgan fingerprint density at radius 1 is 1.30 bits per heavy atom. The predicted molar refractivity (Wildman–Crippen MR) is 136 cm³/mol. The van der Waals surface area contributed by atoms with Gasteiger partial charge in [0.1, 0.15) is 18.0 Å². The van der Waals surface area contributed by atoms with E-state index in [1.807, 2.05) is 13.0 Å². The number of rotatable bonds is 10. The molecule has 1 aromatic carbocycles. The van der Waals surface area contributed by atoms with E-state index < -0.39 is 5.82 Å². The lowest BCUT2D eigenvalue weighted by atomic mass is 9.93. The zero-order valence-corrected chi connectivity index (χ0v) is 21.2. The summed E-state index contributed by atoms with van der Waals surface area (Å²) in [5.41, 5.74) is 3.14. The number of hydrogen-bond acceptors (Lipinski definition) is 7. The fourth-order valence-corrected chi connectivity index (χ4v) is 4.75. The molecule has 1 amide bonds. The van der Waals surface area contributed by atoms with Crippen molar-refractivity contribution in [2.75, 3.05) is 45.9 Å². The van der Waals surface area contributed by atoms with Crippen LogP contribution in [0.4, 0.5) is 15.8 Å². The summed E-state index contributed by atoms with van der Waals surface area (Å²) < 4.78 is 37.0. The van der Waals surface area contributed by atoms with E-state index in [4.69, 9.17) is 18.9 Å². The van der Waals surface area contributed by atoms with Crippen LogP contribution in [0, 0.1) is 5.82 Å². The summed E-state index contributed by atoms with van der Waals surface area (Å²) in [6.07, 6.45) is 4.93. The van der Waals surface area contributed by atoms with Crippen LogP contribution in [-0.4, -0.2) is 62.1 Å². The predicted octanol–water partition coefficient (Wildman–Crippen LogP) is 4.39. The summed E-state index contributed by atoms with van der Waals surface area (Å²) in [6, 6.07) is 6.43. The largest absolute Gasteiger partial charge is 0.492 e. The first kappa shape index (κ1) is 25.0. The summed E-state index contributed by atoms with van der Waals surface area (Å²) in [4.78, 5) is 21.0. The number of H-pyrrole nitrogens is 1. The molecule has 0 radical (unpaired) electrons. The molecule has 1 saturated heterocycles. The Morgan fingerprint density at radius 3 is 2.86 bits per heavy atom. The summed E-state index contributed by atoms with van der Waals surface area (Å²) >= 11 is 0. The molecule has 3 aromatic rings. The fourth-order valence-electron chi connectivity index (χ4n) is 4.75. The zero-order valence-electron chi connectivity index (χ0n) is 21.2. The van der Waals surface area contributed by atoms with E-state index >= 15 is 0 Å². The molecule has 1 fully saturated rings. The normalized spacial score (nSPS) is 20.5. The number of nitrogens with one attached hydrogen (secondary N) is 3. The Morgan fingerprint density at radius 2 is 2.14 bits per heavy atom. The monoisotopic (exact) mass is 510 g/mol. The summed E-state index contributed by atoms with van der Waals surface area (Å²) in [5, 5.41) is 6.26. The number of para-hydroxylation sites is 1. The van der Waals surface area contributed by atoms with Gasteiger partial charge in [0.2, 0.25) is 0 Å². The second kappa shape index (κ2) is 10.4. The minimum Gasteiger partial charge on any atom is -0.492 e. The minimum atomic E-state index is -0.512. The summed E-state index contributed by atoms with van der Waals surface area (Å²) in [5.74, 6) is -0.138. The average molecular weight is 511 g/mol. The molecule has 196 valence electrons. The molecule has 3 N–H and O–H groups in total. The molecule has 5 rings (SSSR count). The van der Waals surface area contributed by atoms with E-state index in [9.17, 15) is 9.18 Å². The highest BCUT2D eigenvalue weighted by Gasteiger charge is 2.36. The van der Waals surface area contributed by atoms with Crippen molar-refractivity contribution in [3.63, 3.8) is 0 Å². The van der Waals surface area contributed by atoms with Crippen molar-refractivity contribution in [1.29, 1.82) is 0 Å². The number of anilines is 2. The first-order chi connectivity index (χ1) is 17.9. The van der Waals surface area contributed by atoms with E-state index in [0.717, 1.165) is 12.1 Å². The maximum absolute atomic E-state index is 14.5. The lowest BCUT2D eigenvalue weighted by molar-refractivity contribution is -0.152. The molecule has 0 bridgehead atoms. The molecule has 2 aromatic heterocycles. The summed E-state index contributed by atoms with van der Waals surface area (Å²) in [6.45, 7) is 4.10. The molecule has 9 nitrogen and oxygen atoms in total. The highest BCUT2D eigenvalue weighted by molar-refractivity contribution is 6.07. The van der Waals surface area contributed by atoms with Crippen LogP contribution in [0.2, 0.25) is 0 Å². The molecule has 4 heterocycles. The second-order valence-electron chi connectivity index (χ2n) is 9.51. The first-order valence-corrected chi connectivity index (χ1v) is 12.3. The van der Waals surface area contributed by atoms with Crippen molar-refractivity contribution in [3.05, 3.63) is 53.7 Å². The number of halogens is 1. The van der Waals surface area contributed by atoms with Gasteiger partial charge in [-0.2, -0.15) is 0 Å². The van der Waals surface area contributed by atoms with E-state index in [1.165, 1.54) is 13.2 Å². The molecule has 0 spiro atoms. The standard InChI is InChI=1S/C27H31FN4O5/c1-27(9-12-37-27)15-36-20-14-29-10-7-17(20)23-24(31-19-6-4-5-18(28)25(19)35-3)21-22(32-23)16(8-11-34-2)13-30-26(21)33/h4-7,10,14,16,31-32H,8-9,11-13,15H2,1-3H3,(H,30,33)/t16-,27-/m1/s1. The number of pyridine rings is 1. The molecular weight excluding hydrogens is 479 g/mol. The third-order valence-corrected chi connectivity index (χ3v) is 6.94. The van der Waals surface area contributed by atoms with E-state index in [2.05, 4.69) is 20.6 Å². The molecule has 0 unspecified atom stereocenters. The van der Waals surface area contributed by atoms with Gasteiger partial charge in [0.05, 0.1) is 42.5 Å². The number of carbonyl (C=O) groups excluding carboxylic acids is 1. The Kier molecular flexibility index (Phi) is 7.03. The molecule has 37 heavy (non-hydrogen) atoms. The number of benzene rings is 1. The van der Waals surface area contributed by atoms with Gasteiger partial charge in [-0.3, -0.25) is 9.78 Å². The molecule has 2 aliphatic rings. The van der Waals surface area contributed by atoms with Crippen LogP contribution in [0.25, 0.3) is 11.3 Å². The Labute approximate surface area is 214 Å². The van der Waals surface area contributed by atoms with Crippen molar-refractivity contribution < 1.29 is 28.1 Å². The molecule has 0 aliphatic carbocycles. The lowest BCUT2D eigenvalue weighted by Gasteiger charge is -2.38. The van der Waals surface area contributed by atoms with Crippen LogP contribution in [0.3, 0.4) is 0 Å². The van der Waals surface area contributed by atoms with E-state index in [1.54, 1.807) is 31.6 Å². The van der Waals surface area contributed by atoms with Gasteiger partial charge < -0.3 is 34.6 Å². The van der Waals surface area contributed by atoms with Gasteiger partial charge in [-0.25, -0.2) is 4.39 Å². The molecular formula is C27H31FN4O5. The third-order valence-electron chi connectivity index (χ3n) is 6.94. The smallest absolute Gasteiger partial charge is 0.255 e. The average Bonchev–Trinajstić information content (AvgIpc) is 3.26. The van der Waals surface area contributed by atoms with Gasteiger partial charge in [-0.15, -0.1) is 0 Å². The van der Waals surface area contributed by atoms with Crippen LogP contribution >= 0.6 is 0 Å². The number of hydrogen-bond donors (Lipinski definition) is 3. The van der Waals surface area contributed by atoms with Crippen molar-refractivity contribution in [2.45, 2.75) is 31.3 Å². The maximum Gasteiger partial charge on any atom is 0.255 e. The minimum absolute atomic E-state index is 0.00449. The van der Waals surface area contributed by atoms with Crippen LogP contribution in [0.15, 0.2) is 36.7 Å². The van der Waals surface area contributed by atoms with Gasteiger partial charge in [0.15, 0.2) is 11.6 Å². The van der Waals surface area contributed by atoms with E-state index in [0.29, 0.717) is 66.7 Å². The number of ether oxygens (including phenoxy) is 4. The zero-order chi connectivity index (χ0) is 26.0. The molecule has 2 atom stereocenters. The third kappa shape index (κ3) is 4.86. The number of amides is 1. The number of aromatic nitrogens is 2. The first-order valence-electron chi connectivity index (χ1n) is 12.3. The van der Waals surface area contributed by atoms with Crippen LogP contribution in [0.1, 0.15) is 41.7 Å². The van der Waals surface area contributed by atoms with Crippen LogP contribution in [0.5, 0.6) is 11.5 Å². The molecule has 2 aliphatic heterocycles. The number of methoxy groups -OCH3 is 2. The quantitative estimate of drug-likeness (QED) is 0.371. The highest BCUT2D eigenvalue weighted by atomic mass is 19.1. The molecule has 10 heteroatoms. The Balaban J connectivity index is 1.62. The lowest BCUT2D eigenvalue weighted by Crippen LogP contribution is -2.45. The van der Waals surface area contributed by atoms with Gasteiger partial charge >= 0.3 is 0 Å². The van der Waals surface area contributed by atoms with E-state index in [-0.39, 0.29) is 23.2 Å². The van der Waals surface area contributed by atoms with Crippen molar-refractivity contribution >= 4 is 17.3 Å². The second-order valence-corrected chi connectivity index (χ2v) is 9.51. The van der Waals surface area contributed by atoms with Crippen molar-refractivity contribution in [2.24, 2.45) is 0 Å². The summed E-state index contributed by atoms with van der Waals surface area (Å²) in [7, 11) is 3.06. The number of carbonyl (C=O) groups is 1. The highest BCUT2D eigenvalue weighted by Crippen LogP contribution is 2.44. The van der Waals surface area contributed by atoms with Crippen LogP contribution < -0.4 is 20.1 Å². The fraction of sp³-hybridized carbons (Fsp3) is 0.407. The Hall–Kier alpha value is -3.63. The Bertz CT molecular complexity index is 1290. The number of nitrogens with zero attached hydrogens (tertiary/aromatic N) is 1. The molecule has 0 saturated carbocycles. The van der Waals surface area contributed by atoms with Crippen molar-refractivity contribution in [1.82, 2.24) is 15.3 Å². The maximum atomic E-state index is 14.5. The topological polar surface area (TPSA) is 107 Å². The number of aromatic amines is 1.